The normalized spacial score (nSPS) is 15.6. The van der Waals surface area contributed by atoms with Crippen molar-refractivity contribution < 1.29 is 9.53 Å². The number of nitrogens with one attached hydrogen (secondary N) is 2. The molecule has 1 aliphatic rings. The van der Waals surface area contributed by atoms with Crippen molar-refractivity contribution in [2.45, 2.75) is 45.1 Å². The Labute approximate surface area is 180 Å². The van der Waals surface area contributed by atoms with Crippen molar-refractivity contribution in [3.8, 4) is 0 Å². The number of amides is 1. The predicted molar refractivity (Wildman–Crippen MR) is 124 cm³/mol. The average Bonchev–Trinajstić information content (AvgIpc) is 2.75. The van der Waals surface area contributed by atoms with Crippen LogP contribution in [0.1, 0.15) is 43.2 Å². The first-order valence-electron chi connectivity index (χ1n) is 11.2. The van der Waals surface area contributed by atoms with Crippen LogP contribution in [0.2, 0.25) is 0 Å². The summed E-state index contributed by atoms with van der Waals surface area (Å²) in [6, 6.07) is 16.9. The molecule has 0 spiro atoms. The third-order valence-electron chi connectivity index (χ3n) is 5.58. The fourth-order valence-corrected chi connectivity index (χ4v) is 3.95. The standard InChI is InChI=1S/C25H35N3O2/c1-30-20-25(29)28-17-9-4-2-3-8-15-26-19-22-18-23(12-13-24(22)28)27-16-14-21-10-6-5-7-11-21/h5-7,10-13,18,26-27H,2-4,8-9,14-17,19-20H2,1H3. The van der Waals surface area contributed by atoms with Crippen molar-refractivity contribution in [3.05, 3.63) is 59.7 Å². The van der Waals surface area contributed by atoms with Gasteiger partial charge in [-0.3, -0.25) is 4.79 Å². The molecule has 2 N–H and O–H groups in total. The van der Waals surface area contributed by atoms with Crippen LogP contribution in [0, 0.1) is 0 Å². The molecule has 5 nitrogen and oxygen atoms in total. The smallest absolute Gasteiger partial charge is 0.252 e. The molecule has 0 saturated heterocycles. The Bertz CT molecular complexity index is 779. The number of ether oxygens (including phenoxy) is 1. The van der Waals surface area contributed by atoms with E-state index < -0.39 is 0 Å². The van der Waals surface area contributed by atoms with E-state index in [1.165, 1.54) is 24.8 Å². The monoisotopic (exact) mass is 409 g/mol. The van der Waals surface area contributed by atoms with Gasteiger partial charge in [-0.05, 0) is 55.1 Å². The highest BCUT2D eigenvalue weighted by molar-refractivity contribution is 5.95. The van der Waals surface area contributed by atoms with E-state index in [0.717, 1.165) is 62.4 Å². The molecule has 5 heteroatoms. The Hall–Kier alpha value is -2.37. The Morgan fingerprint density at radius 3 is 2.70 bits per heavy atom. The topological polar surface area (TPSA) is 53.6 Å². The van der Waals surface area contributed by atoms with Gasteiger partial charge in [0.05, 0.1) is 0 Å². The Kier molecular flexibility index (Phi) is 9.19. The molecular formula is C25H35N3O2. The van der Waals surface area contributed by atoms with Crippen LogP contribution in [0.15, 0.2) is 48.5 Å². The van der Waals surface area contributed by atoms with Crippen LogP contribution in [-0.4, -0.2) is 39.3 Å². The van der Waals surface area contributed by atoms with E-state index in [0.29, 0.717) is 0 Å². The average molecular weight is 410 g/mol. The molecule has 0 radical (unpaired) electrons. The van der Waals surface area contributed by atoms with Crippen LogP contribution in [0.5, 0.6) is 0 Å². The second-order valence-electron chi connectivity index (χ2n) is 7.93. The van der Waals surface area contributed by atoms with Crippen molar-refractivity contribution in [1.29, 1.82) is 0 Å². The van der Waals surface area contributed by atoms with Gasteiger partial charge >= 0.3 is 0 Å². The molecular weight excluding hydrogens is 374 g/mol. The molecule has 1 amide bonds. The lowest BCUT2D eigenvalue weighted by molar-refractivity contribution is -0.122. The molecule has 0 unspecified atom stereocenters. The van der Waals surface area contributed by atoms with Gasteiger partial charge in [0.2, 0.25) is 0 Å². The maximum absolute atomic E-state index is 12.8. The zero-order valence-corrected chi connectivity index (χ0v) is 18.2. The second-order valence-corrected chi connectivity index (χ2v) is 7.93. The molecule has 0 aromatic heterocycles. The molecule has 0 bridgehead atoms. The molecule has 3 rings (SSSR count). The fraction of sp³-hybridized carbons (Fsp3) is 0.480. The first-order valence-corrected chi connectivity index (χ1v) is 11.2. The third-order valence-corrected chi connectivity index (χ3v) is 5.58. The molecule has 0 atom stereocenters. The summed E-state index contributed by atoms with van der Waals surface area (Å²) in [6.45, 7) is 3.51. The number of anilines is 2. The van der Waals surface area contributed by atoms with E-state index in [1.807, 2.05) is 11.0 Å². The van der Waals surface area contributed by atoms with Crippen LogP contribution in [0.4, 0.5) is 11.4 Å². The lowest BCUT2D eigenvalue weighted by Gasteiger charge is -2.26. The molecule has 30 heavy (non-hydrogen) atoms. The summed E-state index contributed by atoms with van der Waals surface area (Å²) < 4.78 is 5.14. The molecule has 1 aliphatic heterocycles. The lowest BCUT2D eigenvalue weighted by Crippen LogP contribution is -2.36. The number of rotatable bonds is 6. The minimum Gasteiger partial charge on any atom is -0.385 e. The number of fused-ring (bicyclic) bond motifs is 1. The second kappa shape index (κ2) is 12.4. The SMILES string of the molecule is COCC(=O)N1CCCCCCCNCc2cc(NCCc3ccccc3)ccc21. The van der Waals surface area contributed by atoms with Crippen LogP contribution < -0.4 is 15.5 Å². The number of benzene rings is 2. The van der Waals surface area contributed by atoms with Gasteiger partial charge in [0.25, 0.3) is 5.91 Å². The fourth-order valence-electron chi connectivity index (χ4n) is 3.95. The molecule has 0 aliphatic carbocycles. The van der Waals surface area contributed by atoms with Gasteiger partial charge in [-0.25, -0.2) is 0 Å². The number of nitrogens with zero attached hydrogens (tertiary/aromatic N) is 1. The Balaban J connectivity index is 1.75. The first kappa shape index (κ1) is 22.3. The summed E-state index contributed by atoms with van der Waals surface area (Å²) in [6.07, 6.45) is 6.84. The summed E-state index contributed by atoms with van der Waals surface area (Å²) in [5.74, 6) is 0.0283. The highest BCUT2D eigenvalue weighted by Crippen LogP contribution is 2.26. The molecule has 2 aromatic carbocycles. The van der Waals surface area contributed by atoms with Crippen LogP contribution in [-0.2, 0) is 22.5 Å². The van der Waals surface area contributed by atoms with Crippen molar-refractivity contribution in [1.82, 2.24) is 5.32 Å². The van der Waals surface area contributed by atoms with Gasteiger partial charge in [-0.2, -0.15) is 0 Å². The van der Waals surface area contributed by atoms with E-state index in [2.05, 4.69) is 53.1 Å². The number of carbonyl (C=O) groups excluding carboxylic acids is 1. The molecule has 0 fully saturated rings. The van der Waals surface area contributed by atoms with E-state index >= 15 is 0 Å². The van der Waals surface area contributed by atoms with Gasteiger partial charge in [0.15, 0.2) is 0 Å². The summed E-state index contributed by atoms with van der Waals surface area (Å²) in [7, 11) is 1.58. The molecule has 2 aromatic rings. The van der Waals surface area contributed by atoms with Crippen LogP contribution in [0.3, 0.4) is 0 Å². The van der Waals surface area contributed by atoms with E-state index in [9.17, 15) is 4.79 Å². The third kappa shape index (κ3) is 6.85. The van der Waals surface area contributed by atoms with Gasteiger partial charge in [-0.15, -0.1) is 0 Å². The number of hydrogen-bond acceptors (Lipinski definition) is 4. The van der Waals surface area contributed by atoms with Gasteiger partial charge in [0, 0.05) is 38.1 Å². The zero-order valence-electron chi connectivity index (χ0n) is 18.2. The minimum atomic E-state index is 0.0283. The number of hydrogen-bond donors (Lipinski definition) is 2. The summed E-state index contributed by atoms with van der Waals surface area (Å²) in [5, 5.41) is 7.11. The van der Waals surface area contributed by atoms with Gasteiger partial charge < -0.3 is 20.3 Å². The molecule has 0 saturated carbocycles. The lowest BCUT2D eigenvalue weighted by atomic mass is 10.1. The molecule has 162 valence electrons. The largest absolute Gasteiger partial charge is 0.385 e. The van der Waals surface area contributed by atoms with E-state index in [1.54, 1.807) is 7.11 Å². The number of methoxy groups -OCH3 is 1. The predicted octanol–water partition coefficient (Wildman–Crippen LogP) is 4.37. The van der Waals surface area contributed by atoms with E-state index in [4.69, 9.17) is 4.74 Å². The van der Waals surface area contributed by atoms with Gasteiger partial charge in [0.1, 0.15) is 6.61 Å². The van der Waals surface area contributed by atoms with Gasteiger partial charge in [-0.1, -0.05) is 49.6 Å². The zero-order chi connectivity index (χ0) is 21.0. The van der Waals surface area contributed by atoms with Crippen molar-refractivity contribution >= 4 is 17.3 Å². The maximum Gasteiger partial charge on any atom is 0.252 e. The molecule has 1 heterocycles. The number of carbonyl (C=O) groups is 1. The van der Waals surface area contributed by atoms with E-state index in [-0.39, 0.29) is 12.5 Å². The Morgan fingerprint density at radius 1 is 1.07 bits per heavy atom. The summed E-state index contributed by atoms with van der Waals surface area (Å²) in [5.41, 5.74) is 4.58. The minimum absolute atomic E-state index is 0.0283. The van der Waals surface area contributed by atoms with Crippen LogP contribution in [0.25, 0.3) is 0 Å². The maximum atomic E-state index is 12.8. The Morgan fingerprint density at radius 2 is 1.87 bits per heavy atom. The summed E-state index contributed by atoms with van der Waals surface area (Å²) >= 11 is 0. The quantitative estimate of drug-likeness (QED) is 0.744. The highest BCUT2D eigenvalue weighted by Gasteiger charge is 2.19. The summed E-state index contributed by atoms with van der Waals surface area (Å²) in [4.78, 5) is 14.7. The van der Waals surface area contributed by atoms with Crippen molar-refractivity contribution in [3.63, 3.8) is 0 Å². The van der Waals surface area contributed by atoms with Crippen molar-refractivity contribution in [2.75, 3.05) is 43.6 Å². The first-order chi connectivity index (χ1) is 14.8. The highest BCUT2D eigenvalue weighted by atomic mass is 16.5. The van der Waals surface area contributed by atoms with Crippen LogP contribution >= 0.6 is 0 Å². The van der Waals surface area contributed by atoms with Crippen molar-refractivity contribution in [2.24, 2.45) is 0 Å².